The van der Waals surface area contributed by atoms with Gasteiger partial charge in [-0.3, -0.25) is 0 Å². The van der Waals surface area contributed by atoms with Crippen LogP contribution in [0.2, 0.25) is 0 Å². The molecule has 1 aliphatic carbocycles. The number of benzene rings is 1. The molecule has 0 aliphatic heterocycles. The van der Waals surface area contributed by atoms with E-state index in [0.717, 1.165) is 12.1 Å². The third-order valence-electron chi connectivity index (χ3n) is 2.56. The molecule has 0 atom stereocenters. The van der Waals surface area contributed by atoms with Gasteiger partial charge < -0.3 is 4.18 Å². The van der Waals surface area contributed by atoms with Gasteiger partial charge in [0, 0.05) is 5.56 Å². The summed E-state index contributed by atoms with van der Waals surface area (Å²) in [7, 11) is -5.74. The van der Waals surface area contributed by atoms with Gasteiger partial charge in [0.2, 0.25) is 0 Å². The SMILES string of the molecule is O=S(=O)(OC1=CCCc2ccc(F)cc21)C(F)(F)F. The lowest BCUT2D eigenvalue weighted by Gasteiger charge is -2.18. The zero-order valence-corrected chi connectivity index (χ0v) is 10.2. The smallest absolute Gasteiger partial charge is 0.376 e. The Hall–Kier alpha value is -1.57. The lowest BCUT2D eigenvalue weighted by molar-refractivity contribution is -0.0509. The normalized spacial score (nSPS) is 15.7. The molecule has 0 aromatic heterocycles. The van der Waals surface area contributed by atoms with Gasteiger partial charge in [-0.2, -0.15) is 21.6 Å². The van der Waals surface area contributed by atoms with Crippen LogP contribution in [0.4, 0.5) is 17.6 Å². The van der Waals surface area contributed by atoms with Gasteiger partial charge in [0.05, 0.1) is 0 Å². The molecule has 1 aromatic rings. The van der Waals surface area contributed by atoms with Crippen molar-refractivity contribution in [1.29, 1.82) is 0 Å². The van der Waals surface area contributed by atoms with E-state index in [-0.39, 0.29) is 5.56 Å². The molecule has 1 aliphatic rings. The molecule has 2 rings (SSSR count). The van der Waals surface area contributed by atoms with Crippen LogP contribution in [0.5, 0.6) is 0 Å². The topological polar surface area (TPSA) is 43.4 Å². The second-order valence-corrected chi connectivity index (χ2v) is 5.43. The second kappa shape index (κ2) is 4.52. The van der Waals surface area contributed by atoms with Gasteiger partial charge in [0.25, 0.3) is 0 Å². The molecule has 8 heteroatoms. The number of alkyl halides is 3. The maximum Gasteiger partial charge on any atom is 0.534 e. The number of hydrogen-bond acceptors (Lipinski definition) is 3. The summed E-state index contributed by atoms with van der Waals surface area (Å²) >= 11 is 0. The molecule has 0 bridgehead atoms. The minimum absolute atomic E-state index is 0.0269. The van der Waals surface area contributed by atoms with E-state index < -0.39 is 27.2 Å². The summed E-state index contributed by atoms with van der Waals surface area (Å²) in [6, 6.07) is 3.49. The first-order valence-corrected chi connectivity index (χ1v) is 6.61. The molecule has 0 amide bonds. The summed E-state index contributed by atoms with van der Waals surface area (Å²) in [5, 5.41) is 0. The third-order valence-corrected chi connectivity index (χ3v) is 3.53. The predicted molar refractivity (Wildman–Crippen MR) is 58.8 cm³/mol. The highest BCUT2D eigenvalue weighted by molar-refractivity contribution is 7.87. The van der Waals surface area contributed by atoms with Gasteiger partial charge in [-0.15, -0.1) is 0 Å². The monoisotopic (exact) mass is 296 g/mol. The van der Waals surface area contributed by atoms with Gasteiger partial charge >= 0.3 is 15.6 Å². The molecule has 104 valence electrons. The van der Waals surface area contributed by atoms with E-state index in [9.17, 15) is 26.0 Å². The van der Waals surface area contributed by atoms with E-state index in [1.54, 1.807) is 0 Å². The first-order valence-electron chi connectivity index (χ1n) is 5.20. The number of hydrogen-bond donors (Lipinski definition) is 0. The Morgan fingerprint density at radius 3 is 2.53 bits per heavy atom. The molecule has 0 saturated heterocycles. The highest BCUT2D eigenvalue weighted by atomic mass is 32.2. The summed E-state index contributed by atoms with van der Waals surface area (Å²) in [6.07, 6.45) is 2.00. The zero-order chi connectivity index (χ0) is 14.3. The molecular weight excluding hydrogens is 288 g/mol. The van der Waals surface area contributed by atoms with Gasteiger partial charge in [-0.25, -0.2) is 4.39 Å². The van der Waals surface area contributed by atoms with Crippen LogP contribution in [0, 0.1) is 5.82 Å². The standard InChI is InChI=1S/C11H8F4O3S/c12-8-5-4-7-2-1-3-10(9(7)6-8)18-19(16,17)11(13,14)15/h3-6H,1-2H2. The highest BCUT2D eigenvalue weighted by Gasteiger charge is 2.49. The molecule has 0 heterocycles. The van der Waals surface area contributed by atoms with E-state index in [2.05, 4.69) is 4.18 Å². The largest absolute Gasteiger partial charge is 0.534 e. The van der Waals surface area contributed by atoms with E-state index >= 15 is 0 Å². The van der Waals surface area contributed by atoms with Crippen molar-refractivity contribution in [3.8, 4) is 0 Å². The van der Waals surface area contributed by atoms with Crippen molar-refractivity contribution >= 4 is 15.9 Å². The summed E-state index contributed by atoms with van der Waals surface area (Å²) in [4.78, 5) is 0. The van der Waals surface area contributed by atoms with Gasteiger partial charge in [-0.05, 0) is 36.6 Å². The Morgan fingerprint density at radius 2 is 1.89 bits per heavy atom. The highest BCUT2D eigenvalue weighted by Crippen LogP contribution is 2.33. The van der Waals surface area contributed by atoms with Crippen LogP contribution in [0.25, 0.3) is 5.76 Å². The van der Waals surface area contributed by atoms with Crippen LogP contribution in [0.3, 0.4) is 0 Å². The average molecular weight is 296 g/mol. The fraction of sp³-hybridized carbons (Fsp3) is 0.273. The van der Waals surface area contributed by atoms with Crippen LogP contribution in [0.15, 0.2) is 24.3 Å². The van der Waals surface area contributed by atoms with Crippen molar-refractivity contribution in [2.75, 3.05) is 0 Å². The van der Waals surface area contributed by atoms with Crippen molar-refractivity contribution < 1.29 is 30.2 Å². The molecule has 1 aromatic carbocycles. The molecular formula is C11H8F4O3S. The molecule has 0 spiro atoms. The van der Waals surface area contributed by atoms with Crippen LogP contribution in [-0.4, -0.2) is 13.9 Å². The predicted octanol–water partition coefficient (Wildman–Crippen LogP) is 2.98. The lowest BCUT2D eigenvalue weighted by Crippen LogP contribution is -2.25. The molecule has 0 N–H and O–H groups in total. The fourth-order valence-corrected chi connectivity index (χ4v) is 2.20. The molecule has 0 fully saturated rings. The minimum Gasteiger partial charge on any atom is -0.376 e. The number of allylic oxidation sites excluding steroid dienone is 1. The quantitative estimate of drug-likeness (QED) is 0.479. The molecule has 3 nitrogen and oxygen atoms in total. The van der Waals surface area contributed by atoms with Crippen LogP contribution >= 0.6 is 0 Å². The number of rotatable bonds is 2. The summed E-state index contributed by atoms with van der Waals surface area (Å²) in [5.74, 6) is -1.17. The Bertz CT molecular complexity index is 632. The van der Waals surface area contributed by atoms with Crippen molar-refractivity contribution in [2.45, 2.75) is 18.3 Å². The Balaban J connectivity index is 2.39. The summed E-state index contributed by atoms with van der Waals surface area (Å²) in [6.45, 7) is 0. The van der Waals surface area contributed by atoms with Crippen molar-refractivity contribution in [3.05, 3.63) is 41.2 Å². The van der Waals surface area contributed by atoms with Gasteiger partial charge in [-0.1, -0.05) is 6.07 Å². The maximum absolute atomic E-state index is 13.1. The average Bonchev–Trinajstić information content (AvgIpc) is 2.28. The Kier molecular flexibility index (Phi) is 3.29. The van der Waals surface area contributed by atoms with E-state index in [1.807, 2.05) is 0 Å². The Morgan fingerprint density at radius 1 is 1.21 bits per heavy atom. The van der Waals surface area contributed by atoms with Crippen molar-refractivity contribution in [1.82, 2.24) is 0 Å². The first kappa shape index (κ1) is 13.9. The number of halogens is 4. The molecule has 19 heavy (non-hydrogen) atoms. The summed E-state index contributed by atoms with van der Waals surface area (Å²) in [5.41, 5.74) is -4.95. The zero-order valence-electron chi connectivity index (χ0n) is 9.37. The summed E-state index contributed by atoms with van der Waals surface area (Å²) < 4.78 is 75.7. The van der Waals surface area contributed by atoms with Crippen LogP contribution < -0.4 is 0 Å². The third kappa shape index (κ3) is 2.73. The fourth-order valence-electron chi connectivity index (χ4n) is 1.71. The first-order chi connectivity index (χ1) is 8.71. The van der Waals surface area contributed by atoms with Crippen molar-refractivity contribution in [3.63, 3.8) is 0 Å². The van der Waals surface area contributed by atoms with Crippen LogP contribution in [0.1, 0.15) is 17.5 Å². The van der Waals surface area contributed by atoms with Gasteiger partial charge in [0.1, 0.15) is 11.6 Å². The van der Waals surface area contributed by atoms with E-state index in [4.69, 9.17) is 0 Å². The molecule has 0 radical (unpaired) electrons. The Labute approximate surface area is 106 Å². The van der Waals surface area contributed by atoms with Crippen LogP contribution in [-0.2, 0) is 20.7 Å². The number of aryl methyl sites for hydroxylation is 1. The van der Waals surface area contributed by atoms with Crippen molar-refractivity contribution in [2.24, 2.45) is 0 Å². The minimum atomic E-state index is -5.74. The van der Waals surface area contributed by atoms with E-state index in [0.29, 0.717) is 18.4 Å². The maximum atomic E-state index is 13.1. The molecule has 0 unspecified atom stereocenters. The second-order valence-electron chi connectivity index (χ2n) is 3.89. The lowest BCUT2D eigenvalue weighted by atomic mass is 9.96. The number of fused-ring (bicyclic) bond motifs is 1. The molecule has 0 saturated carbocycles. The van der Waals surface area contributed by atoms with Gasteiger partial charge in [0.15, 0.2) is 0 Å². The van der Waals surface area contributed by atoms with E-state index in [1.165, 1.54) is 12.1 Å².